The summed E-state index contributed by atoms with van der Waals surface area (Å²) >= 11 is 3.48. The number of halogens is 1. The van der Waals surface area contributed by atoms with Crippen molar-refractivity contribution in [3.8, 4) is 5.75 Å². The molecule has 5 heteroatoms. The monoisotopic (exact) mass is 402 g/mol. The molecule has 1 heterocycles. The van der Waals surface area contributed by atoms with Crippen LogP contribution in [0.15, 0.2) is 53.0 Å². The number of hydrogen-bond acceptors (Lipinski definition) is 3. The van der Waals surface area contributed by atoms with Gasteiger partial charge < -0.3 is 9.64 Å². The molecule has 1 aliphatic heterocycles. The molecule has 0 N–H and O–H groups in total. The summed E-state index contributed by atoms with van der Waals surface area (Å²) in [5.74, 6) is 0.795. The molecule has 0 aromatic heterocycles. The van der Waals surface area contributed by atoms with Crippen LogP contribution < -0.4 is 4.74 Å². The molecule has 4 nitrogen and oxygen atoms in total. The molecule has 132 valence electrons. The number of carbonyl (C=O) groups excluding carboxylic acids is 1. The van der Waals surface area contributed by atoms with Crippen molar-refractivity contribution in [2.45, 2.75) is 13.0 Å². The summed E-state index contributed by atoms with van der Waals surface area (Å²) in [6, 6.07) is 16.2. The maximum Gasteiger partial charge on any atom is 0.254 e. The number of ether oxygens (including phenoxy) is 1. The highest BCUT2D eigenvalue weighted by Gasteiger charge is 2.25. The smallest absolute Gasteiger partial charge is 0.254 e. The number of hydrogen-bond donors (Lipinski definition) is 0. The van der Waals surface area contributed by atoms with Crippen molar-refractivity contribution in [3.05, 3.63) is 64.1 Å². The van der Waals surface area contributed by atoms with E-state index in [0.29, 0.717) is 17.4 Å². The Hall–Kier alpha value is -1.85. The fraction of sp³-hybridized carbons (Fsp3) is 0.350. The van der Waals surface area contributed by atoms with E-state index in [1.165, 1.54) is 5.56 Å². The molecule has 1 saturated heterocycles. The second kappa shape index (κ2) is 8.02. The van der Waals surface area contributed by atoms with Gasteiger partial charge in [-0.25, -0.2) is 0 Å². The Morgan fingerprint density at radius 2 is 1.76 bits per heavy atom. The van der Waals surface area contributed by atoms with Gasteiger partial charge in [0.05, 0.1) is 7.11 Å². The second-order valence-electron chi connectivity index (χ2n) is 6.29. The predicted octanol–water partition coefficient (Wildman–Crippen LogP) is 3.98. The van der Waals surface area contributed by atoms with Gasteiger partial charge in [0.1, 0.15) is 5.75 Å². The normalized spacial score (nSPS) is 16.5. The molecular formula is C20H23BrN2O2. The summed E-state index contributed by atoms with van der Waals surface area (Å²) in [4.78, 5) is 17.1. The highest BCUT2D eigenvalue weighted by molar-refractivity contribution is 9.10. The maximum absolute atomic E-state index is 12.7. The summed E-state index contributed by atoms with van der Waals surface area (Å²) < 4.78 is 6.31. The van der Waals surface area contributed by atoms with Crippen molar-refractivity contribution in [2.75, 3.05) is 33.3 Å². The second-order valence-corrected chi connectivity index (χ2v) is 7.20. The number of amides is 1. The Labute approximate surface area is 157 Å². The topological polar surface area (TPSA) is 32.8 Å². The van der Waals surface area contributed by atoms with Gasteiger partial charge in [-0.15, -0.1) is 0 Å². The van der Waals surface area contributed by atoms with Gasteiger partial charge in [-0.3, -0.25) is 9.69 Å². The van der Waals surface area contributed by atoms with E-state index >= 15 is 0 Å². The van der Waals surface area contributed by atoms with Gasteiger partial charge in [0.2, 0.25) is 0 Å². The molecule has 2 aromatic rings. The highest BCUT2D eigenvalue weighted by Crippen LogP contribution is 2.24. The Balaban J connectivity index is 1.61. The molecule has 1 amide bonds. The van der Waals surface area contributed by atoms with Crippen LogP contribution in [-0.4, -0.2) is 49.0 Å². The first-order chi connectivity index (χ1) is 12.1. The van der Waals surface area contributed by atoms with Crippen LogP contribution in [0.4, 0.5) is 0 Å². The van der Waals surface area contributed by atoms with E-state index in [2.05, 4.69) is 52.0 Å². The van der Waals surface area contributed by atoms with Crippen molar-refractivity contribution in [1.82, 2.24) is 9.80 Å². The molecule has 1 fully saturated rings. The van der Waals surface area contributed by atoms with E-state index in [1.54, 1.807) is 13.2 Å². The fourth-order valence-corrected chi connectivity index (χ4v) is 3.47. The van der Waals surface area contributed by atoms with Crippen LogP contribution in [0.2, 0.25) is 0 Å². The van der Waals surface area contributed by atoms with Crippen molar-refractivity contribution < 1.29 is 9.53 Å². The summed E-state index contributed by atoms with van der Waals surface area (Å²) in [6.45, 7) is 5.48. The Morgan fingerprint density at radius 3 is 2.40 bits per heavy atom. The molecule has 1 atom stereocenters. The molecule has 0 aliphatic carbocycles. The SMILES string of the molecule is COc1cccc(C(=O)N2CCN(C(C)c3ccc(Br)cc3)CC2)c1. The van der Waals surface area contributed by atoms with E-state index in [4.69, 9.17) is 4.74 Å². The van der Waals surface area contributed by atoms with Crippen molar-refractivity contribution in [2.24, 2.45) is 0 Å². The molecule has 0 bridgehead atoms. The van der Waals surface area contributed by atoms with E-state index in [0.717, 1.165) is 30.7 Å². The average Bonchev–Trinajstić information content (AvgIpc) is 2.67. The molecule has 25 heavy (non-hydrogen) atoms. The van der Waals surface area contributed by atoms with Crippen LogP contribution in [0.25, 0.3) is 0 Å². The summed E-state index contributed by atoms with van der Waals surface area (Å²) in [6.07, 6.45) is 0. The molecular weight excluding hydrogens is 380 g/mol. The first-order valence-electron chi connectivity index (χ1n) is 8.51. The summed E-state index contributed by atoms with van der Waals surface area (Å²) in [7, 11) is 1.62. The van der Waals surface area contributed by atoms with E-state index in [-0.39, 0.29) is 5.91 Å². The Morgan fingerprint density at radius 1 is 1.08 bits per heavy atom. The van der Waals surface area contributed by atoms with Crippen LogP contribution in [-0.2, 0) is 0 Å². The molecule has 2 aromatic carbocycles. The molecule has 1 aliphatic rings. The number of benzene rings is 2. The maximum atomic E-state index is 12.7. The first-order valence-corrected chi connectivity index (χ1v) is 9.30. The van der Waals surface area contributed by atoms with Gasteiger partial charge in [-0.2, -0.15) is 0 Å². The summed E-state index contributed by atoms with van der Waals surface area (Å²) in [5.41, 5.74) is 1.99. The quantitative estimate of drug-likeness (QED) is 0.775. The minimum Gasteiger partial charge on any atom is -0.497 e. The zero-order chi connectivity index (χ0) is 17.8. The number of nitrogens with zero attached hydrogens (tertiary/aromatic N) is 2. The Kier molecular flexibility index (Phi) is 5.76. The van der Waals surface area contributed by atoms with Gasteiger partial charge in [0, 0.05) is 42.3 Å². The number of rotatable bonds is 4. The third-order valence-corrected chi connectivity index (χ3v) is 5.35. The van der Waals surface area contributed by atoms with E-state index in [1.807, 2.05) is 23.1 Å². The van der Waals surface area contributed by atoms with Crippen LogP contribution in [0.1, 0.15) is 28.9 Å². The van der Waals surface area contributed by atoms with E-state index < -0.39 is 0 Å². The molecule has 0 spiro atoms. The van der Waals surface area contributed by atoms with Crippen LogP contribution >= 0.6 is 15.9 Å². The third-order valence-electron chi connectivity index (χ3n) is 4.82. The molecule has 3 rings (SSSR count). The Bertz CT molecular complexity index is 725. The lowest BCUT2D eigenvalue weighted by atomic mass is 10.1. The molecule has 1 unspecified atom stereocenters. The predicted molar refractivity (Wildman–Crippen MR) is 103 cm³/mol. The van der Waals surface area contributed by atoms with Crippen LogP contribution in [0.5, 0.6) is 5.75 Å². The zero-order valence-corrected chi connectivity index (χ0v) is 16.2. The zero-order valence-electron chi connectivity index (χ0n) is 14.6. The largest absolute Gasteiger partial charge is 0.497 e. The third kappa shape index (κ3) is 4.22. The van der Waals surface area contributed by atoms with E-state index in [9.17, 15) is 4.79 Å². The number of carbonyl (C=O) groups is 1. The lowest BCUT2D eigenvalue weighted by Gasteiger charge is -2.38. The minimum atomic E-state index is 0.0786. The fourth-order valence-electron chi connectivity index (χ4n) is 3.20. The van der Waals surface area contributed by atoms with Crippen molar-refractivity contribution in [3.63, 3.8) is 0 Å². The lowest BCUT2D eigenvalue weighted by Crippen LogP contribution is -2.49. The lowest BCUT2D eigenvalue weighted by molar-refractivity contribution is 0.0582. The van der Waals surface area contributed by atoms with Gasteiger partial charge >= 0.3 is 0 Å². The summed E-state index contributed by atoms with van der Waals surface area (Å²) in [5, 5.41) is 0. The minimum absolute atomic E-state index is 0.0786. The molecule has 0 saturated carbocycles. The van der Waals surface area contributed by atoms with Crippen LogP contribution in [0, 0.1) is 0 Å². The van der Waals surface area contributed by atoms with Gasteiger partial charge in [-0.1, -0.05) is 34.1 Å². The average molecular weight is 403 g/mol. The first kappa shape index (κ1) is 18.0. The van der Waals surface area contributed by atoms with Crippen LogP contribution in [0.3, 0.4) is 0 Å². The number of methoxy groups -OCH3 is 1. The highest BCUT2D eigenvalue weighted by atomic mass is 79.9. The molecule has 0 radical (unpaired) electrons. The van der Waals surface area contributed by atoms with Crippen molar-refractivity contribution in [1.29, 1.82) is 0 Å². The van der Waals surface area contributed by atoms with Crippen molar-refractivity contribution >= 4 is 21.8 Å². The standard InChI is InChI=1S/C20H23BrN2O2/c1-15(16-6-8-18(21)9-7-16)22-10-12-23(13-11-22)20(24)17-4-3-5-19(14-17)25-2/h3-9,14-15H,10-13H2,1-2H3. The van der Waals surface area contributed by atoms with Gasteiger partial charge in [0.15, 0.2) is 0 Å². The number of piperazine rings is 1. The van der Waals surface area contributed by atoms with Gasteiger partial charge in [0.25, 0.3) is 5.91 Å². The van der Waals surface area contributed by atoms with Gasteiger partial charge in [-0.05, 0) is 42.8 Å².